The molecule has 1 aromatic heterocycles. The molecule has 0 radical (unpaired) electrons. The second-order valence-electron chi connectivity index (χ2n) is 2.93. The Hall–Kier alpha value is -1.40. The lowest BCUT2D eigenvalue weighted by Crippen LogP contribution is -2.19. The number of anilines is 2. The van der Waals surface area contributed by atoms with E-state index in [9.17, 15) is 4.79 Å². The van der Waals surface area contributed by atoms with E-state index in [1.54, 1.807) is 11.6 Å². The number of carbonyl (C=O) groups excluding carboxylic acids is 1. The van der Waals surface area contributed by atoms with Gasteiger partial charge in [-0.2, -0.15) is 0 Å². The van der Waals surface area contributed by atoms with Crippen LogP contribution in [-0.2, 0) is 0 Å². The molecule has 2 aromatic rings. The van der Waals surface area contributed by atoms with Gasteiger partial charge >= 0.3 is 6.03 Å². The van der Waals surface area contributed by atoms with Crippen molar-refractivity contribution in [1.82, 2.24) is 4.98 Å². The van der Waals surface area contributed by atoms with Gasteiger partial charge in [0, 0.05) is 21.7 Å². The van der Waals surface area contributed by atoms with Crippen molar-refractivity contribution in [2.24, 2.45) is 0 Å². The predicted molar refractivity (Wildman–Crippen MR) is 68.9 cm³/mol. The standard InChI is InChI=1S/C10H8BrN3OS/c11-7-2-1-3-8(6-7)13-9(15)14-10-12-4-5-16-10/h1-6H,(H2,12,13,14,15). The highest BCUT2D eigenvalue weighted by atomic mass is 79.9. The van der Waals surface area contributed by atoms with E-state index in [0.717, 1.165) is 10.2 Å². The zero-order valence-corrected chi connectivity index (χ0v) is 10.5. The molecule has 2 amide bonds. The highest BCUT2D eigenvalue weighted by molar-refractivity contribution is 9.10. The van der Waals surface area contributed by atoms with Crippen molar-refractivity contribution in [3.63, 3.8) is 0 Å². The lowest BCUT2D eigenvalue weighted by atomic mass is 10.3. The number of hydrogen-bond acceptors (Lipinski definition) is 3. The van der Waals surface area contributed by atoms with Crippen LogP contribution in [0.1, 0.15) is 0 Å². The second-order valence-corrected chi connectivity index (χ2v) is 4.74. The van der Waals surface area contributed by atoms with E-state index in [1.807, 2.05) is 24.3 Å². The number of nitrogens with zero attached hydrogens (tertiary/aromatic N) is 1. The number of aromatic nitrogens is 1. The number of hydrogen-bond donors (Lipinski definition) is 2. The fourth-order valence-electron chi connectivity index (χ4n) is 1.11. The van der Waals surface area contributed by atoms with Crippen molar-refractivity contribution >= 4 is 44.1 Å². The van der Waals surface area contributed by atoms with Gasteiger partial charge in [0.1, 0.15) is 0 Å². The number of carbonyl (C=O) groups is 1. The van der Waals surface area contributed by atoms with Crippen LogP contribution in [0.15, 0.2) is 40.3 Å². The number of urea groups is 1. The highest BCUT2D eigenvalue weighted by Crippen LogP contribution is 2.16. The molecule has 0 spiro atoms. The molecule has 1 aromatic carbocycles. The first-order chi connectivity index (χ1) is 7.74. The van der Waals surface area contributed by atoms with Crippen LogP contribution in [0.25, 0.3) is 0 Å². The Bertz CT molecular complexity index is 487. The molecule has 0 aliphatic carbocycles. The van der Waals surface area contributed by atoms with Gasteiger partial charge in [0.15, 0.2) is 5.13 Å². The van der Waals surface area contributed by atoms with Gasteiger partial charge in [0.05, 0.1) is 0 Å². The fourth-order valence-corrected chi connectivity index (χ4v) is 2.03. The SMILES string of the molecule is O=C(Nc1cccc(Br)c1)Nc1nccs1. The average molecular weight is 298 g/mol. The van der Waals surface area contributed by atoms with Gasteiger partial charge in [-0.15, -0.1) is 11.3 Å². The molecule has 2 rings (SSSR count). The Balaban J connectivity index is 1.97. The Morgan fingerprint density at radius 3 is 2.94 bits per heavy atom. The number of nitrogens with one attached hydrogen (secondary N) is 2. The molecule has 6 heteroatoms. The van der Waals surface area contributed by atoms with E-state index in [1.165, 1.54) is 11.3 Å². The van der Waals surface area contributed by atoms with Gasteiger partial charge in [-0.25, -0.2) is 9.78 Å². The summed E-state index contributed by atoms with van der Waals surface area (Å²) in [7, 11) is 0. The van der Waals surface area contributed by atoms with Crippen molar-refractivity contribution in [3.8, 4) is 0 Å². The quantitative estimate of drug-likeness (QED) is 0.891. The minimum Gasteiger partial charge on any atom is -0.308 e. The maximum absolute atomic E-state index is 11.5. The Labute approximate surface area is 105 Å². The zero-order chi connectivity index (χ0) is 11.4. The molecule has 0 aliphatic rings. The summed E-state index contributed by atoms with van der Waals surface area (Å²) in [6.07, 6.45) is 1.64. The molecule has 16 heavy (non-hydrogen) atoms. The van der Waals surface area contributed by atoms with E-state index in [4.69, 9.17) is 0 Å². The molecule has 0 unspecified atom stereocenters. The summed E-state index contributed by atoms with van der Waals surface area (Å²) in [4.78, 5) is 15.5. The first kappa shape index (κ1) is 11.1. The first-order valence-electron chi connectivity index (χ1n) is 4.47. The maximum Gasteiger partial charge on any atom is 0.325 e. The van der Waals surface area contributed by atoms with E-state index in [0.29, 0.717) is 5.13 Å². The monoisotopic (exact) mass is 297 g/mol. The molecule has 2 N–H and O–H groups in total. The molecule has 0 saturated heterocycles. The Morgan fingerprint density at radius 2 is 2.25 bits per heavy atom. The summed E-state index contributed by atoms with van der Waals surface area (Å²) in [6, 6.07) is 7.08. The summed E-state index contributed by atoms with van der Waals surface area (Å²) in [5.41, 5.74) is 0.725. The molecule has 82 valence electrons. The number of rotatable bonds is 2. The summed E-state index contributed by atoms with van der Waals surface area (Å²) >= 11 is 4.70. The van der Waals surface area contributed by atoms with Crippen LogP contribution in [0.2, 0.25) is 0 Å². The second kappa shape index (κ2) is 5.09. The summed E-state index contributed by atoms with van der Waals surface area (Å²) in [5, 5.41) is 7.72. The van der Waals surface area contributed by atoms with Gasteiger partial charge < -0.3 is 5.32 Å². The van der Waals surface area contributed by atoms with Crippen molar-refractivity contribution in [2.75, 3.05) is 10.6 Å². The van der Waals surface area contributed by atoms with Crippen molar-refractivity contribution in [1.29, 1.82) is 0 Å². The Morgan fingerprint density at radius 1 is 1.38 bits per heavy atom. The van der Waals surface area contributed by atoms with Crippen molar-refractivity contribution < 1.29 is 4.79 Å². The third-order valence-corrected chi connectivity index (χ3v) is 2.92. The average Bonchev–Trinajstić information content (AvgIpc) is 2.70. The third kappa shape index (κ3) is 3.04. The van der Waals surface area contributed by atoms with Gasteiger partial charge in [-0.1, -0.05) is 22.0 Å². The number of halogens is 1. The molecule has 0 atom stereocenters. The maximum atomic E-state index is 11.5. The minimum absolute atomic E-state index is 0.298. The molecular weight excluding hydrogens is 290 g/mol. The molecule has 0 aliphatic heterocycles. The number of thiazole rings is 1. The van der Waals surface area contributed by atoms with Crippen LogP contribution in [-0.4, -0.2) is 11.0 Å². The number of amides is 2. The smallest absolute Gasteiger partial charge is 0.308 e. The van der Waals surface area contributed by atoms with Gasteiger partial charge in [-0.05, 0) is 18.2 Å². The Kier molecular flexibility index (Phi) is 3.53. The van der Waals surface area contributed by atoms with E-state index < -0.39 is 0 Å². The van der Waals surface area contributed by atoms with Crippen LogP contribution in [0, 0.1) is 0 Å². The normalized spacial score (nSPS) is 9.81. The van der Waals surface area contributed by atoms with Crippen LogP contribution < -0.4 is 10.6 Å². The highest BCUT2D eigenvalue weighted by Gasteiger charge is 2.03. The van der Waals surface area contributed by atoms with Crippen molar-refractivity contribution in [2.45, 2.75) is 0 Å². The molecule has 1 heterocycles. The molecule has 0 saturated carbocycles. The summed E-state index contributed by atoms with van der Waals surface area (Å²) < 4.78 is 0.916. The summed E-state index contributed by atoms with van der Waals surface area (Å²) in [5.74, 6) is 0. The molecule has 0 fully saturated rings. The van der Waals surface area contributed by atoms with Gasteiger partial charge in [-0.3, -0.25) is 5.32 Å². The molecular formula is C10H8BrN3OS. The minimum atomic E-state index is -0.298. The van der Waals surface area contributed by atoms with Crippen LogP contribution in [0.3, 0.4) is 0 Å². The first-order valence-corrected chi connectivity index (χ1v) is 6.14. The van der Waals surface area contributed by atoms with Gasteiger partial charge in [0.2, 0.25) is 0 Å². The summed E-state index contributed by atoms with van der Waals surface area (Å²) in [6.45, 7) is 0. The lowest BCUT2D eigenvalue weighted by Gasteiger charge is -2.05. The van der Waals surface area contributed by atoms with Crippen molar-refractivity contribution in [3.05, 3.63) is 40.3 Å². The van der Waals surface area contributed by atoms with Crippen LogP contribution in [0.4, 0.5) is 15.6 Å². The molecule has 0 bridgehead atoms. The van der Waals surface area contributed by atoms with E-state index in [2.05, 4.69) is 31.5 Å². The van der Waals surface area contributed by atoms with Crippen LogP contribution in [0.5, 0.6) is 0 Å². The third-order valence-electron chi connectivity index (χ3n) is 1.74. The van der Waals surface area contributed by atoms with E-state index in [-0.39, 0.29) is 6.03 Å². The predicted octanol–water partition coefficient (Wildman–Crippen LogP) is 3.55. The largest absolute Gasteiger partial charge is 0.325 e. The topological polar surface area (TPSA) is 54.0 Å². The zero-order valence-electron chi connectivity index (χ0n) is 8.11. The fraction of sp³-hybridized carbons (Fsp3) is 0. The molecule has 4 nitrogen and oxygen atoms in total. The van der Waals surface area contributed by atoms with Crippen LogP contribution >= 0.6 is 27.3 Å². The lowest BCUT2D eigenvalue weighted by molar-refractivity contribution is 0.262. The van der Waals surface area contributed by atoms with Gasteiger partial charge in [0.25, 0.3) is 0 Å². The van der Waals surface area contributed by atoms with E-state index >= 15 is 0 Å². The number of benzene rings is 1.